The average Bonchev–Trinajstić information content (AvgIpc) is 2.99. The van der Waals surface area contributed by atoms with Gasteiger partial charge in [0, 0.05) is 0 Å². The molecule has 0 aliphatic carbocycles. The van der Waals surface area contributed by atoms with E-state index in [1.54, 1.807) is 18.2 Å². The number of aromatic nitrogens is 2. The number of methoxy groups -OCH3 is 2. The van der Waals surface area contributed by atoms with E-state index in [2.05, 4.69) is 20.7 Å². The van der Waals surface area contributed by atoms with E-state index in [4.69, 9.17) is 25.9 Å². The smallest absolute Gasteiger partial charge is 0.356 e. The Labute approximate surface area is 130 Å². The Bertz CT molecular complexity index is 847. The normalized spacial score (nSPS) is 10.9. The summed E-state index contributed by atoms with van der Waals surface area (Å²) in [5.41, 5.74) is 8.38. The highest BCUT2D eigenvalue weighted by atomic mass is 16.5. The third-order valence-electron chi connectivity index (χ3n) is 2.93. The number of hydrogen-bond donors (Lipinski definition) is 4. The van der Waals surface area contributed by atoms with Crippen LogP contribution in [0, 0.1) is 16.7 Å². The summed E-state index contributed by atoms with van der Waals surface area (Å²) in [4.78, 5) is 11.8. The van der Waals surface area contributed by atoms with Gasteiger partial charge in [-0.3, -0.25) is 15.9 Å². The van der Waals surface area contributed by atoms with Gasteiger partial charge in [-0.2, -0.15) is 15.5 Å². The molecule has 0 atom stereocenters. The highest BCUT2D eigenvalue weighted by molar-refractivity contribution is 6.45. The van der Waals surface area contributed by atoms with Crippen LogP contribution in [-0.2, 0) is 4.74 Å². The molecule has 10 heteroatoms. The summed E-state index contributed by atoms with van der Waals surface area (Å²) in [6.45, 7) is 0. The van der Waals surface area contributed by atoms with Crippen molar-refractivity contribution in [2.75, 3.05) is 19.6 Å². The van der Waals surface area contributed by atoms with Gasteiger partial charge in [0.1, 0.15) is 17.3 Å². The third-order valence-corrected chi connectivity index (χ3v) is 2.93. The van der Waals surface area contributed by atoms with Gasteiger partial charge in [0.25, 0.3) is 0 Å². The van der Waals surface area contributed by atoms with E-state index in [0.29, 0.717) is 22.3 Å². The van der Waals surface area contributed by atoms with E-state index in [1.807, 2.05) is 0 Å². The molecule has 5 N–H and O–H groups in total. The molecule has 0 bridgehead atoms. The van der Waals surface area contributed by atoms with Crippen LogP contribution in [0.15, 0.2) is 17.2 Å². The fourth-order valence-electron chi connectivity index (χ4n) is 1.87. The van der Waals surface area contributed by atoms with Crippen LogP contribution in [0.1, 0.15) is 10.5 Å². The lowest BCUT2D eigenvalue weighted by molar-refractivity contribution is 0.0596. The zero-order valence-electron chi connectivity index (χ0n) is 12.3. The number of carbonyl (C=O) groups excluding carboxylic acids is 1. The number of ether oxygens (including phenoxy) is 2. The molecule has 23 heavy (non-hydrogen) atoms. The molecule has 1 heterocycles. The summed E-state index contributed by atoms with van der Waals surface area (Å²) in [5.74, 6) is -0.669. The number of amidine groups is 1. The first-order valence-corrected chi connectivity index (χ1v) is 6.25. The quantitative estimate of drug-likeness (QED) is 0.271. The Morgan fingerprint density at radius 1 is 1.52 bits per heavy atom. The van der Waals surface area contributed by atoms with Gasteiger partial charge < -0.3 is 15.2 Å². The lowest BCUT2D eigenvalue weighted by atomic mass is 10.1. The second-order valence-electron chi connectivity index (χ2n) is 4.23. The third kappa shape index (κ3) is 2.88. The maximum absolute atomic E-state index is 11.8. The van der Waals surface area contributed by atoms with E-state index in [1.165, 1.54) is 14.2 Å². The number of nitrogens with two attached hydrogens (primary N) is 1. The van der Waals surface area contributed by atoms with Crippen molar-refractivity contribution in [3.63, 3.8) is 0 Å². The van der Waals surface area contributed by atoms with Crippen LogP contribution in [0.4, 0.5) is 5.69 Å². The molecule has 0 spiro atoms. The van der Waals surface area contributed by atoms with Crippen molar-refractivity contribution in [2.24, 2.45) is 10.8 Å². The zero-order chi connectivity index (χ0) is 17.0. The Balaban J connectivity index is 2.60. The molecule has 2 rings (SSSR count). The molecule has 0 aliphatic rings. The topological polar surface area (TPSA) is 162 Å². The van der Waals surface area contributed by atoms with E-state index in [0.717, 1.165) is 0 Å². The SMILES string of the molecule is COC(=O)c1[nH]nc2c(OC)ccc(N/N=C(\C#N)C(=N)N)c12. The first kappa shape index (κ1) is 15.8. The molecule has 0 saturated carbocycles. The van der Waals surface area contributed by atoms with Crippen molar-refractivity contribution in [3.05, 3.63) is 17.8 Å². The van der Waals surface area contributed by atoms with Gasteiger partial charge in [-0.15, -0.1) is 0 Å². The van der Waals surface area contributed by atoms with Crippen LogP contribution in [0.5, 0.6) is 5.75 Å². The van der Waals surface area contributed by atoms with Crippen molar-refractivity contribution in [1.29, 1.82) is 10.7 Å². The Morgan fingerprint density at radius 2 is 2.26 bits per heavy atom. The Hall–Kier alpha value is -3.61. The van der Waals surface area contributed by atoms with Crippen LogP contribution in [0.2, 0.25) is 0 Å². The largest absolute Gasteiger partial charge is 0.494 e. The van der Waals surface area contributed by atoms with E-state index in [9.17, 15) is 4.79 Å². The van der Waals surface area contributed by atoms with Gasteiger partial charge in [-0.1, -0.05) is 0 Å². The van der Waals surface area contributed by atoms with E-state index >= 15 is 0 Å². The highest BCUT2D eigenvalue weighted by Crippen LogP contribution is 2.32. The van der Waals surface area contributed by atoms with Gasteiger partial charge in [-0.25, -0.2) is 4.79 Å². The number of aromatic amines is 1. The van der Waals surface area contributed by atoms with Crippen molar-refractivity contribution in [3.8, 4) is 11.8 Å². The van der Waals surface area contributed by atoms with Gasteiger partial charge in [0.15, 0.2) is 11.5 Å². The maximum Gasteiger partial charge on any atom is 0.356 e. The summed E-state index contributed by atoms with van der Waals surface area (Å²) in [7, 11) is 2.71. The van der Waals surface area contributed by atoms with Crippen LogP contribution < -0.4 is 15.9 Å². The summed E-state index contributed by atoms with van der Waals surface area (Å²) in [5, 5.41) is 26.8. The number of H-pyrrole nitrogens is 1. The minimum atomic E-state index is -0.625. The number of hydrazone groups is 1. The van der Waals surface area contributed by atoms with E-state index in [-0.39, 0.29) is 11.4 Å². The average molecular weight is 315 g/mol. The fraction of sp³-hybridized carbons (Fsp3) is 0.154. The second kappa shape index (κ2) is 6.44. The Morgan fingerprint density at radius 3 is 2.83 bits per heavy atom. The molecule has 2 aromatic rings. The summed E-state index contributed by atoms with van der Waals surface area (Å²) < 4.78 is 9.88. The van der Waals surface area contributed by atoms with Crippen molar-refractivity contribution in [2.45, 2.75) is 0 Å². The number of benzene rings is 1. The molecule has 1 aromatic carbocycles. The number of rotatable bonds is 5. The van der Waals surface area contributed by atoms with Crippen LogP contribution >= 0.6 is 0 Å². The predicted octanol–water partition coefficient (Wildman–Crippen LogP) is 0.586. The van der Waals surface area contributed by atoms with Gasteiger partial charge in [-0.05, 0) is 12.1 Å². The summed E-state index contributed by atoms with van der Waals surface area (Å²) in [6, 6.07) is 4.88. The van der Waals surface area contributed by atoms with Gasteiger partial charge in [0.2, 0.25) is 5.71 Å². The number of esters is 1. The van der Waals surface area contributed by atoms with Crippen LogP contribution in [0.3, 0.4) is 0 Å². The predicted molar refractivity (Wildman–Crippen MR) is 82.6 cm³/mol. The lowest BCUT2D eigenvalue weighted by Gasteiger charge is -2.07. The van der Waals surface area contributed by atoms with Crippen molar-refractivity contribution in [1.82, 2.24) is 10.2 Å². The van der Waals surface area contributed by atoms with E-state index < -0.39 is 11.8 Å². The molecule has 10 nitrogen and oxygen atoms in total. The van der Waals surface area contributed by atoms with Gasteiger partial charge in [0.05, 0.1) is 25.3 Å². The number of anilines is 1. The first-order valence-electron chi connectivity index (χ1n) is 6.25. The molecular formula is C13H13N7O3. The molecule has 0 aliphatic heterocycles. The monoisotopic (exact) mass is 315 g/mol. The molecular weight excluding hydrogens is 302 g/mol. The zero-order valence-corrected chi connectivity index (χ0v) is 12.3. The molecule has 0 amide bonds. The minimum absolute atomic E-state index is 0.0976. The van der Waals surface area contributed by atoms with Crippen molar-refractivity contribution < 1.29 is 14.3 Å². The van der Waals surface area contributed by atoms with Gasteiger partial charge >= 0.3 is 5.97 Å². The summed E-state index contributed by atoms with van der Waals surface area (Å²) >= 11 is 0. The van der Waals surface area contributed by atoms with Crippen LogP contribution in [0.25, 0.3) is 10.9 Å². The van der Waals surface area contributed by atoms with Crippen molar-refractivity contribution >= 4 is 34.1 Å². The number of carbonyl (C=O) groups is 1. The maximum atomic E-state index is 11.8. The standard InChI is InChI=1S/C13H13N7O3/c1-22-8-4-3-6(17-18-7(5-14)12(15)16)9-10(8)19-20-11(9)13(21)23-2/h3-4,17H,1-2H3,(H3,15,16)(H,19,20)/b18-7+. The molecule has 118 valence electrons. The lowest BCUT2D eigenvalue weighted by Crippen LogP contribution is -2.21. The number of nitrogens with zero attached hydrogens (tertiary/aromatic N) is 3. The number of fused-ring (bicyclic) bond motifs is 1. The number of nitriles is 1. The molecule has 0 unspecified atom stereocenters. The molecule has 1 aromatic heterocycles. The fourth-order valence-corrected chi connectivity index (χ4v) is 1.87. The molecule has 0 saturated heterocycles. The number of hydrogen-bond acceptors (Lipinski definition) is 8. The molecule has 0 fully saturated rings. The van der Waals surface area contributed by atoms with Crippen LogP contribution in [-0.4, -0.2) is 41.9 Å². The number of nitrogens with one attached hydrogen (secondary N) is 3. The minimum Gasteiger partial charge on any atom is -0.494 e. The first-order chi connectivity index (χ1) is 11.0. The highest BCUT2D eigenvalue weighted by Gasteiger charge is 2.20. The Kier molecular flexibility index (Phi) is 4.42. The second-order valence-corrected chi connectivity index (χ2v) is 4.23. The summed E-state index contributed by atoms with van der Waals surface area (Å²) in [6.07, 6.45) is 0. The molecule has 0 radical (unpaired) electrons.